The first-order chi connectivity index (χ1) is 10.9. The van der Waals surface area contributed by atoms with E-state index in [1.807, 2.05) is 0 Å². The second-order valence-corrected chi connectivity index (χ2v) is 5.13. The highest BCUT2D eigenvalue weighted by Gasteiger charge is 2.43. The zero-order chi connectivity index (χ0) is 17.0. The van der Waals surface area contributed by atoms with Crippen LogP contribution in [-0.2, 0) is 9.53 Å². The second-order valence-electron chi connectivity index (χ2n) is 5.13. The fraction of sp³-hybridized carbons (Fsp3) is 0.467. The maximum atomic E-state index is 11.1. The fourth-order valence-electron chi connectivity index (χ4n) is 2.24. The highest BCUT2D eigenvalue weighted by molar-refractivity contribution is 5.85. The molecule has 1 unspecified atom stereocenters. The van der Waals surface area contributed by atoms with E-state index in [-0.39, 0.29) is 5.75 Å². The van der Waals surface area contributed by atoms with Gasteiger partial charge in [-0.15, -0.1) is 0 Å². The fourth-order valence-corrected chi connectivity index (χ4v) is 2.24. The van der Waals surface area contributed by atoms with Crippen LogP contribution in [0.25, 0.3) is 0 Å². The van der Waals surface area contributed by atoms with Gasteiger partial charge in [0, 0.05) is 18.7 Å². The van der Waals surface area contributed by atoms with Gasteiger partial charge in [0.25, 0.3) is 0 Å². The summed E-state index contributed by atoms with van der Waals surface area (Å²) >= 11 is 0. The third-order valence-electron chi connectivity index (χ3n) is 3.43. The van der Waals surface area contributed by atoms with Gasteiger partial charge in [0.05, 0.1) is 6.61 Å². The van der Waals surface area contributed by atoms with E-state index in [1.54, 1.807) is 24.3 Å². The minimum atomic E-state index is -1.48. The van der Waals surface area contributed by atoms with Crippen LogP contribution >= 0.6 is 0 Å². The molecule has 1 saturated heterocycles. The molecule has 0 bridgehead atoms. The lowest BCUT2D eigenvalue weighted by molar-refractivity contribution is -0.248. The van der Waals surface area contributed by atoms with Crippen molar-refractivity contribution in [3.05, 3.63) is 29.8 Å². The largest absolute Gasteiger partial charge is 0.426 e. The van der Waals surface area contributed by atoms with Crippen LogP contribution in [0.5, 0.6) is 5.75 Å². The van der Waals surface area contributed by atoms with Gasteiger partial charge in [-0.25, -0.2) is 0 Å². The van der Waals surface area contributed by atoms with Gasteiger partial charge >= 0.3 is 5.97 Å². The summed E-state index contributed by atoms with van der Waals surface area (Å²) in [5.41, 5.74) is 0.459. The molecule has 4 N–H and O–H groups in total. The minimum absolute atomic E-state index is 0.276. The highest BCUT2D eigenvalue weighted by atomic mass is 16.6. The van der Waals surface area contributed by atoms with Crippen molar-refractivity contribution in [2.75, 3.05) is 6.61 Å². The molecule has 23 heavy (non-hydrogen) atoms. The highest BCUT2D eigenvalue weighted by Crippen LogP contribution is 2.23. The van der Waals surface area contributed by atoms with Gasteiger partial charge in [-0.1, -0.05) is 12.1 Å². The Bertz CT molecular complexity index is 577. The number of carbonyl (C=O) groups excluding carboxylic acids is 1. The Morgan fingerprint density at radius 1 is 1.30 bits per heavy atom. The molecule has 8 heteroatoms. The summed E-state index contributed by atoms with van der Waals surface area (Å²) in [6.45, 7) is 0.725. The van der Waals surface area contributed by atoms with Crippen LogP contribution in [0.1, 0.15) is 12.5 Å². The summed E-state index contributed by atoms with van der Waals surface area (Å²) in [5.74, 6) is -0.216. The molecule has 5 atom stereocenters. The van der Waals surface area contributed by atoms with E-state index in [4.69, 9.17) is 14.6 Å². The third kappa shape index (κ3) is 4.12. The summed E-state index contributed by atoms with van der Waals surface area (Å²) in [6.07, 6.45) is -4.05. The zero-order valence-corrected chi connectivity index (χ0v) is 12.4. The lowest BCUT2D eigenvalue weighted by Crippen LogP contribution is -2.57. The predicted molar refractivity (Wildman–Crippen MR) is 79.1 cm³/mol. The van der Waals surface area contributed by atoms with Gasteiger partial charge < -0.3 is 29.9 Å². The van der Waals surface area contributed by atoms with Crippen molar-refractivity contribution in [3.63, 3.8) is 0 Å². The zero-order valence-electron chi connectivity index (χ0n) is 12.4. The average molecular weight is 325 g/mol. The Hall–Kier alpha value is -1.84. The van der Waals surface area contributed by atoms with E-state index in [1.165, 1.54) is 13.1 Å². The number of para-hydroxylation sites is 1. The van der Waals surface area contributed by atoms with E-state index in [0.29, 0.717) is 5.56 Å². The number of rotatable bonds is 4. The molecule has 0 amide bonds. The monoisotopic (exact) mass is 325 g/mol. The Labute approximate surface area is 132 Å². The van der Waals surface area contributed by atoms with Gasteiger partial charge in [-0.05, 0) is 12.1 Å². The second kappa shape index (κ2) is 7.62. The lowest BCUT2D eigenvalue weighted by atomic mass is 9.97. The number of hydrogen-bond acceptors (Lipinski definition) is 8. The topological polar surface area (TPSA) is 129 Å². The number of benzene rings is 1. The SMILES string of the molecule is CC(=O)Oc1ccccc1C=N[C@@H]1C(O)O[C@H](CO)[C@@H](O)[C@@H]1O. The predicted octanol–water partition coefficient (Wildman–Crippen LogP) is -1.17. The normalized spacial score (nSPS) is 31.3. The molecule has 1 aliphatic rings. The molecular formula is C15H19NO7. The summed E-state index contributed by atoms with van der Waals surface area (Å²) in [4.78, 5) is 15.1. The van der Waals surface area contributed by atoms with Crippen molar-refractivity contribution < 1.29 is 34.7 Å². The van der Waals surface area contributed by atoms with Crippen LogP contribution in [0.15, 0.2) is 29.3 Å². The molecule has 126 valence electrons. The molecule has 0 radical (unpaired) electrons. The number of ether oxygens (including phenoxy) is 2. The molecule has 1 aliphatic heterocycles. The summed E-state index contributed by atoms with van der Waals surface area (Å²) in [5, 5.41) is 38.7. The van der Waals surface area contributed by atoms with Crippen LogP contribution < -0.4 is 4.74 Å². The number of esters is 1. The first-order valence-electron chi connectivity index (χ1n) is 7.05. The molecule has 0 saturated carbocycles. The number of nitrogens with zero attached hydrogens (tertiary/aromatic N) is 1. The van der Waals surface area contributed by atoms with Crippen LogP contribution in [0.2, 0.25) is 0 Å². The molecular weight excluding hydrogens is 306 g/mol. The molecule has 1 heterocycles. The molecule has 8 nitrogen and oxygen atoms in total. The molecule has 1 aromatic carbocycles. The number of aliphatic hydroxyl groups is 4. The van der Waals surface area contributed by atoms with Crippen LogP contribution in [0.4, 0.5) is 0 Å². The van der Waals surface area contributed by atoms with Crippen molar-refractivity contribution in [2.45, 2.75) is 37.6 Å². The van der Waals surface area contributed by atoms with Crippen molar-refractivity contribution in [1.82, 2.24) is 0 Å². The van der Waals surface area contributed by atoms with E-state index >= 15 is 0 Å². The maximum absolute atomic E-state index is 11.1. The van der Waals surface area contributed by atoms with E-state index in [0.717, 1.165) is 0 Å². The van der Waals surface area contributed by atoms with E-state index in [2.05, 4.69) is 4.99 Å². The van der Waals surface area contributed by atoms with Crippen molar-refractivity contribution >= 4 is 12.2 Å². The number of aliphatic imine (C=N–C) groups is 1. The molecule has 0 aliphatic carbocycles. The van der Waals surface area contributed by atoms with Crippen LogP contribution in [-0.4, -0.2) is 69.9 Å². The molecule has 2 rings (SSSR count). The Morgan fingerprint density at radius 2 is 2.00 bits per heavy atom. The summed E-state index contributed by atoms with van der Waals surface area (Å²) in [7, 11) is 0. The molecule has 1 fully saturated rings. The number of hydrogen-bond donors (Lipinski definition) is 4. The quantitative estimate of drug-likeness (QED) is 0.312. The lowest BCUT2D eigenvalue weighted by Gasteiger charge is -2.38. The Kier molecular flexibility index (Phi) is 5.80. The van der Waals surface area contributed by atoms with E-state index in [9.17, 15) is 20.1 Å². The smallest absolute Gasteiger partial charge is 0.308 e. The summed E-state index contributed by atoms with van der Waals surface area (Å²) < 4.78 is 10.0. The van der Waals surface area contributed by atoms with Crippen molar-refractivity contribution in [2.24, 2.45) is 4.99 Å². The number of carbonyl (C=O) groups is 1. The maximum Gasteiger partial charge on any atom is 0.308 e. The first-order valence-corrected chi connectivity index (χ1v) is 7.05. The van der Waals surface area contributed by atoms with Crippen LogP contribution in [0.3, 0.4) is 0 Å². The standard InChI is InChI=1S/C15H19NO7/c1-8(18)22-10-5-3-2-4-9(10)6-16-12-14(20)13(19)11(7-17)23-15(12)21/h2-6,11-15,17,19-21H,7H2,1H3/t11-,12+,13-,14-,15?/m1/s1. The third-order valence-corrected chi connectivity index (χ3v) is 3.43. The van der Waals surface area contributed by atoms with Gasteiger partial charge in [0.15, 0.2) is 6.29 Å². The molecule has 1 aromatic rings. The Morgan fingerprint density at radius 3 is 2.65 bits per heavy atom. The molecule has 0 aromatic heterocycles. The minimum Gasteiger partial charge on any atom is -0.426 e. The van der Waals surface area contributed by atoms with Crippen LogP contribution in [0, 0.1) is 0 Å². The summed E-state index contributed by atoms with van der Waals surface area (Å²) in [6, 6.07) is 5.45. The first kappa shape index (κ1) is 17.5. The van der Waals surface area contributed by atoms with Crippen molar-refractivity contribution in [1.29, 1.82) is 0 Å². The van der Waals surface area contributed by atoms with Gasteiger partial charge in [0.1, 0.15) is 30.1 Å². The van der Waals surface area contributed by atoms with Gasteiger partial charge in [-0.3, -0.25) is 9.79 Å². The van der Waals surface area contributed by atoms with Gasteiger partial charge in [0.2, 0.25) is 0 Å². The van der Waals surface area contributed by atoms with Gasteiger partial charge in [-0.2, -0.15) is 0 Å². The number of aliphatic hydroxyl groups excluding tert-OH is 4. The Balaban J connectivity index is 2.18. The van der Waals surface area contributed by atoms with Crippen molar-refractivity contribution in [3.8, 4) is 5.75 Å². The average Bonchev–Trinajstić information content (AvgIpc) is 2.51. The van der Waals surface area contributed by atoms with E-state index < -0.39 is 43.2 Å². The molecule has 0 spiro atoms.